The zero-order valence-electron chi connectivity index (χ0n) is 8.69. The molecule has 0 saturated heterocycles. The maximum atomic E-state index is 11.6. The van der Waals surface area contributed by atoms with Crippen molar-refractivity contribution in [2.24, 2.45) is 0 Å². The van der Waals surface area contributed by atoms with Gasteiger partial charge in [-0.25, -0.2) is 4.79 Å². The molecule has 0 aliphatic rings. The van der Waals surface area contributed by atoms with Crippen LogP contribution in [0.2, 0.25) is 5.02 Å². The molecule has 1 aromatic carbocycles. The number of benzene rings is 1. The SMILES string of the molecule is O=C(CCCl)c1cc(C(O)C(=O)O)ccc1Cl. The maximum Gasteiger partial charge on any atom is 0.337 e. The molecule has 1 unspecified atom stereocenters. The molecule has 4 nitrogen and oxygen atoms in total. The molecular formula is C11H10Cl2O4. The first-order chi connectivity index (χ1) is 7.97. The molecule has 0 saturated carbocycles. The molecule has 17 heavy (non-hydrogen) atoms. The summed E-state index contributed by atoms with van der Waals surface area (Å²) in [6, 6.07) is 4.01. The summed E-state index contributed by atoms with van der Waals surface area (Å²) in [4.78, 5) is 22.2. The maximum absolute atomic E-state index is 11.6. The van der Waals surface area contributed by atoms with Crippen molar-refractivity contribution in [1.82, 2.24) is 0 Å². The van der Waals surface area contributed by atoms with Crippen LogP contribution in [0.15, 0.2) is 18.2 Å². The highest BCUT2D eigenvalue weighted by Gasteiger charge is 2.19. The fourth-order valence-electron chi connectivity index (χ4n) is 1.29. The number of aliphatic hydroxyl groups is 1. The summed E-state index contributed by atoms with van der Waals surface area (Å²) in [5.74, 6) is -1.52. The van der Waals surface area contributed by atoms with Gasteiger partial charge in [-0.2, -0.15) is 0 Å². The second-order valence-corrected chi connectivity index (χ2v) is 4.13. The van der Waals surface area contributed by atoms with Crippen LogP contribution in [0.4, 0.5) is 0 Å². The van der Waals surface area contributed by atoms with Crippen LogP contribution in [0.3, 0.4) is 0 Å². The zero-order valence-corrected chi connectivity index (χ0v) is 10.2. The first-order valence-corrected chi connectivity index (χ1v) is 5.68. The summed E-state index contributed by atoms with van der Waals surface area (Å²) in [6.45, 7) is 0. The number of carboxylic acid groups (broad SMARTS) is 1. The lowest BCUT2D eigenvalue weighted by atomic mass is 10.0. The van der Waals surface area contributed by atoms with Crippen LogP contribution < -0.4 is 0 Å². The third-order valence-corrected chi connectivity index (χ3v) is 2.68. The fourth-order valence-corrected chi connectivity index (χ4v) is 1.68. The van der Waals surface area contributed by atoms with Gasteiger partial charge >= 0.3 is 5.97 Å². The lowest BCUT2D eigenvalue weighted by molar-refractivity contribution is -0.146. The Bertz CT molecular complexity index is 445. The third kappa shape index (κ3) is 3.43. The van der Waals surface area contributed by atoms with Crippen molar-refractivity contribution in [1.29, 1.82) is 0 Å². The van der Waals surface area contributed by atoms with Gasteiger partial charge in [0.05, 0.1) is 5.02 Å². The van der Waals surface area contributed by atoms with E-state index in [2.05, 4.69) is 0 Å². The van der Waals surface area contributed by atoms with E-state index in [0.29, 0.717) is 0 Å². The van der Waals surface area contributed by atoms with Gasteiger partial charge in [-0.15, -0.1) is 11.6 Å². The normalized spacial score (nSPS) is 12.2. The Morgan fingerprint density at radius 1 is 1.35 bits per heavy atom. The fraction of sp³-hybridized carbons (Fsp3) is 0.273. The number of ketones is 1. The first kappa shape index (κ1) is 14.0. The molecule has 6 heteroatoms. The van der Waals surface area contributed by atoms with Crippen LogP contribution in [-0.4, -0.2) is 27.8 Å². The molecule has 0 heterocycles. The molecule has 0 fully saturated rings. The number of aliphatic hydroxyl groups excluding tert-OH is 1. The highest BCUT2D eigenvalue weighted by molar-refractivity contribution is 6.34. The number of hydrogen-bond acceptors (Lipinski definition) is 3. The lowest BCUT2D eigenvalue weighted by Gasteiger charge is -2.09. The van der Waals surface area contributed by atoms with Crippen LogP contribution in [0.25, 0.3) is 0 Å². The van der Waals surface area contributed by atoms with Crippen LogP contribution >= 0.6 is 23.2 Å². The van der Waals surface area contributed by atoms with Crippen molar-refractivity contribution >= 4 is 35.0 Å². The summed E-state index contributed by atoms with van der Waals surface area (Å²) < 4.78 is 0. The number of carbonyl (C=O) groups excluding carboxylic acids is 1. The smallest absolute Gasteiger partial charge is 0.337 e. The molecule has 0 bridgehead atoms. The monoisotopic (exact) mass is 276 g/mol. The Morgan fingerprint density at radius 3 is 2.53 bits per heavy atom. The molecule has 92 valence electrons. The van der Waals surface area contributed by atoms with Crippen LogP contribution in [0.1, 0.15) is 28.4 Å². The second-order valence-electron chi connectivity index (χ2n) is 3.34. The van der Waals surface area contributed by atoms with Crippen LogP contribution in [-0.2, 0) is 4.79 Å². The predicted octanol–water partition coefficient (Wildman–Crippen LogP) is 2.27. The molecule has 0 radical (unpaired) electrons. The molecule has 0 amide bonds. The van der Waals surface area contributed by atoms with Gasteiger partial charge < -0.3 is 10.2 Å². The van der Waals surface area contributed by atoms with Crippen molar-refractivity contribution in [3.05, 3.63) is 34.3 Å². The number of alkyl halides is 1. The number of halogens is 2. The van der Waals surface area contributed by atoms with Gasteiger partial charge in [-0.1, -0.05) is 17.7 Å². The van der Waals surface area contributed by atoms with Gasteiger partial charge in [-0.05, 0) is 17.7 Å². The lowest BCUT2D eigenvalue weighted by Crippen LogP contribution is -2.11. The van der Waals surface area contributed by atoms with Gasteiger partial charge in [-0.3, -0.25) is 4.79 Å². The number of carboxylic acids is 1. The average molecular weight is 277 g/mol. The minimum atomic E-state index is -1.67. The number of carbonyl (C=O) groups is 2. The molecule has 2 N–H and O–H groups in total. The Kier molecular flexibility index (Phi) is 4.93. The average Bonchev–Trinajstić information content (AvgIpc) is 2.28. The molecule has 0 aliphatic heterocycles. The van der Waals surface area contributed by atoms with Gasteiger partial charge in [0.2, 0.25) is 0 Å². The first-order valence-electron chi connectivity index (χ1n) is 4.77. The summed E-state index contributed by atoms with van der Waals surface area (Å²) in [5.41, 5.74) is 0.282. The van der Waals surface area contributed by atoms with E-state index < -0.39 is 12.1 Å². The number of aliphatic carboxylic acids is 1. The van der Waals surface area contributed by atoms with Crippen molar-refractivity contribution < 1.29 is 19.8 Å². The zero-order chi connectivity index (χ0) is 13.0. The van der Waals surface area contributed by atoms with Crippen molar-refractivity contribution in [3.8, 4) is 0 Å². The highest BCUT2D eigenvalue weighted by atomic mass is 35.5. The molecule has 1 rings (SSSR count). The summed E-state index contributed by atoms with van der Waals surface area (Å²) in [7, 11) is 0. The van der Waals surface area contributed by atoms with E-state index in [0.717, 1.165) is 0 Å². The highest BCUT2D eigenvalue weighted by Crippen LogP contribution is 2.23. The minimum absolute atomic E-state index is 0.105. The molecular weight excluding hydrogens is 267 g/mol. The quantitative estimate of drug-likeness (QED) is 0.639. The Hall–Kier alpha value is -1.10. The number of rotatable bonds is 5. The molecule has 1 atom stereocenters. The standard InChI is InChI=1S/C11H10Cl2O4/c12-4-3-9(14)7-5-6(1-2-8(7)13)10(15)11(16)17/h1-2,5,10,15H,3-4H2,(H,16,17). The van der Waals surface area contributed by atoms with E-state index in [4.69, 9.17) is 28.3 Å². The van der Waals surface area contributed by atoms with Crippen molar-refractivity contribution in [3.63, 3.8) is 0 Å². The van der Waals surface area contributed by atoms with E-state index in [9.17, 15) is 14.7 Å². The van der Waals surface area contributed by atoms with Gasteiger partial charge in [0.15, 0.2) is 11.9 Å². The number of hydrogen-bond donors (Lipinski definition) is 2. The topological polar surface area (TPSA) is 74.6 Å². The van der Waals surface area contributed by atoms with Gasteiger partial charge in [0, 0.05) is 17.9 Å². The summed E-state index contributed by atoms with van der Waals surface area (Å²) in [6.07, 6.45) is -1.57. The summed E-state index contributed by atoms with van der Waals surface area (Å²) in [5, 5.41) is 18.2. The van der Waals surface area contributed by atoms with E-state index in [1.807, 2.05) is 0 Å². The Balaban J connectivity index is 3.10. The molecule has 0 spiro atoms. The van der Waals surface area contributed by atoms with Crippen molar-refractivity contribution in [2.75, 3.05) is 5.88 Å². The van der Waals surface area contributed by atoms with Crippen LogP contribution in [0, 0.1) is 0 Å². The van der Waals surface area contributed by atoms with E-state index in [-0.39, 0.29) is 34.2 Å². The van der Waals surface area contributed by atoms with E-state index in [1.165, 1.54) is 18.2 Å². The van der Waals surface area contributed by atoms with E-state index in [1.54, 1.807) is 0 Å². The van der Waals surface area contributed by atoms with Gasteiger partial charge in [0.25, 0.3) is 0 Å². The third-order valence-electron chi connectivity index (χ3n) is 2.16. The van der Waals surface area contributed by atoms with Crippen molar-refractivity contribution in [2.45, 2.75) is 12.5 Å². The minimum Gasteiger partial charge on any atom is -0.479 e. The molecule has 0 aliphatic carbocycles. The molecule has 1 aromatic rings. The Morgan fingerprint density at radius 2 is 2.00 bits per heavy atom. The van der Waals surface area contributed by atoms with Gasteiger partial charge in [0.1, 0.15) is 0 Å². The van der Waals surface area contributed by atoms with Crippen LogP contribution in [0.5, 0.6) is 0 Å². The largest absolute Gasteiger partial charge is 0.479 e. The molecule has 0 aromatic heterocycles. The summed E-state index contributed by atoms with van der Waals surface area (Å²) >= 11 is 11.3. The second kappa shape index (κ2) is 6.00. The Labute approximate surface area is 108 Å². The van der Waals surface area contributed by atoms with E-state index >= 15 is 0 Å². The number of Topliss-reactive ketones (excluding diaryl/α,β-unsaturated/α-hetero) is 1. The predicted molar refractivity (Wildman–Crippen MR) is 63.7 cm³/mol.